The van der Waals surface area contributed by atoms with E-state index in [2.05, 4.69) is 55.8 Å². The summed E-state index contributed by atoms with van der Waals surface area (Å²) in [6.07, 6.45) is 3.79. The first kappa shape index (κ1) is 15.2. The number of aromatic nitrogens is 2. The third-order valence-electron chi connectivity index (χ3n) is 3.31. The maximum absolute atomic E-state index is 4.55. The molecule has 1 atom stereocenters. The molecule has 1 rings (SSSR count). The molecule has 1 unspecified atom stereocenters. The van der Waals surface area contributed by atoms with Crippen molar-refractivity contribution < 1.29 is 0 Å². The molecule has 0 aromatic carbocycles. The highest BCUT2D eigenvalue weighted by atomic mass is 15.3. The molecule has 0 saturated carbocycles. The average molecular weight is 251 g/mol. The number of hydrogen-bond acceptors (Lipinski definition) is 2. The topological polar surface area (TPSA) is 29.9 Å². The van der Waals surface area contributed by atoms with Crippen LogP contribution in [-0.2, 0) is 6.54 Å². The van der Waals surface area contributed by atoms with Crippen LogP contribution in [0.25, 0.3) is 0 Å². The van der Waals surface area contributed by atoms with E-state index in [0.717, 1.165) is 24.7 Å². The lowest BCUT2D eigenvalue weighted by molar-refractivity contribution is 0.429. The zero-order chi connectivity index (χ0) is 13.5. The van der Waals surface area contributed by atoms with E-state index in [0.29, 0.717) is 6.04 Å². The van der Waals surface area contributed by atoms with Crippen LogP contribution < -0.4 is 5.32 Å². The van der Waals surface area contributed by atoms with Gasteiger partial charge in [0.2, 0.25) is 0 Å². The molecule has 0 saturated heterocycles. The van der Waals surface area contributed by atoms with Crippen LogP contribution in [0.1, 0.15) is 64.4 Å². The lowest BCUT2D eigenvalue weighted by atomic mass is 10.0. The first-order valence-electron chi connectivity index (χ1n) is 7.36. The molecule has 1 aromatic rings. The van der Waals surface area contributed by atoms with Gasteiger partial charge in [-0.15, -0.1) is 0 Å². The predicted octanol–water partition coefficient (Wildman–Crippen LogP) is 3.69. The van der Waals surface area contributed by atoms with Crippen LogP contribution in [0.4, 0.5) is 0 Å². The zero-order valence-electron chi connectivity index (χ0n) is 12.7. The summed E-state index contributed by atoms with van der Waals surface area (Å²) in [5.74, 6) is 0.796. The van der Waals surface area contributed by atoms with Crippen LogP contribution in [0, 0.1) is 12.8 Å². The van der Waals surface area contributed by atoms with Gasteiger partial charge < -0.3 is 5.32 Å². The van der Waals surface area contributed by atoms with E-state index in [9.17, 15) is 0 Å². The molecule has 3 nitrogen and oxygen atoms in total. The summed E-state index contributed by atoms with van der Waals surface area (Å²) in [7, 11) is 0. The summed E-state index contributed by atoms with van der Waals surface area (Å²) in [6, 6.07) is 2.68. The minimum absolute atomic E-state index is 0.454. The van der Waals surface area contributed by atoms with Crippen LogP contribution in [-0.4, -0.2) is 16.3 Å². The van der Waals surface area contributed by atoms with Gasteiger partial charge in [-0.25, -0.2) is 0 Å². The predicted molar refractivity (Wildman–Crippen MR) is 77.7 cm³/mol. The highest BCUT2D eigenvalue weighted by Gasteiger charge is 2.15. The first-order valence-corrected chi connectivity index (χ1v) is 7.36. The second kappa shape index (κ2) is 7.57. The van der Waals surface area contributed by atoms with E-state index in [1.54, 1.807) is 0 Å². The van der Waals surface area contributed by atoms with Gasteiger partial charge >= 0.3 is 0 Å². The van der Waals surface area contributed by atoms with Gasteiger partial charge in [0, 0.05) is 12.6 Å². The molecule has 0 radical (unpaired) electrons. The summed E-state index contributed by atoms with van der Waals surface area (Å²) in [5, 5.41) is 8.15. The molecule has 104 valence electrons. The average Bonchev–Trinajstić information content (AvgIpc) is 2.69. The number of aryl methyl sites for hydroxylation is 2. The van der Waals surface area contributed by atoms with Gasteiger partial charge in [-0.05, 0) is 38.8 Å². The van der Waals surface area contributed by atoms with E-state index >= 15 is 0 Å². The van der Waals surface area contributed by atoms with Crippen molar-refractivity contribution >= 4 is 0 Å². The van der Waals surface area contributed by atoms with Gasteiger partial charge in [0.05, 0.1) is 11.4 Å². The highest BCUT2D eigenvalue weighted by molar-refractivity contribution is 5.13. The van der Waals surface area contributed by atoms with Crippen LogP contribution in [0.2, 0.25) is 0 Å². The van der Waals surface area contributed by atoms with Crippen molar-refractivity contribution in [3.63, 3.8) is 0 Å². The smallest absolute Gasteiger partial charge is 0.0597 e. The van der Waals surface area contributed by atoms with E-state index in [1.165, 1.54) is 25.0 Å². The van der Waals surface area contributed by atoms with Crippen molar-refractivity contribution in [1.82, 2.24) is 15.1 Å². The Labute approximate surface area is 112 Å². The lowest BCUT2D eigenvalue weighted by Gasteiger charge is -2.19. The largest absolute Gasteiger partial charge is 0.309 e. The van der Waals surface area contributed by atoms with Crippen molar-refractivity contribution in [2.24, 2.45) is 5.92 Å². The molecule has 0 fully saturated rings. The van der Waals surface area contributed by atoms with E-state index in [1.807, 2.05) is 0 Å². The minimum atomic E-state index is 0.454. The number of hydrogen-bond donors (Lipinski definition) is 1. The van der Waals surface area contributed by atoms with Crippen molar-refractivity contribution in [2.75, 3.05) is 6.54 Å². The number of nitrogens with zero attached hydrogens (tertiary/aromatic N) is 2. The first-order chi connectivity index (χ1) is 8.58. The summed E-state index contributed by atoms with van der Waals surface area (Å²) >= 11 is 0. The monoisotopic (exact) mass is 251 g/mol. The van der Waals surface area contributed by atoms with Crippen molar-refractivity contribution in [3.05, 3.63) is 17.5 Å². The van der Waals surface area contributed by atoms with Gasteiger partial charge in [-0.1, -0.05) is 33.6 Å². The van der Waals surface area contributed by atoms with Crippen LogP contribution in [0.3, 0.4) is 0 Å². The molecule has 18 heavy (non-hydrogen) atoms. The fourth-order valence-corrected chi connectivity index (χ4v) is 2.43. The Morgan fingerprint density at radius 3 is 2.56 bits per heavy atom. The third kappa shape index (κ3) is 4.45. The minimum Gasteiger partial charge on any atom is -0.309 e. The van der Waals surface area contributed by atoms with Crippen molar-refractivity contribution in [1.29, 1.82) is 0 Å². The fraction of sp³-hybridized carbons (Fsp3) is 0.800. The lowest BCUT2D eigenvalue weighted by Crippen LogP contribution is -2.23. The molecule has 3 heteroatoms. The molecule has 1 heterocycles. The Bertz CT molecular complexity index is 342. The fourth-order valence-electron chi connectivity index (χ4n) is 2.43. The van der Waals surface area contributed by atoms with Gasteiger partial charge in [-0.3, -0.25) is 4.68 Å². The quantitative estimate of drug-likeness (QED) is 0.763. The standard InChI is InChI=1S/C15H29N3/c1-6-16-14(10-8-9-12(3)4)15-11-13(5)17-18(15)7-2/h11-12,14,16H,6-10H2,1-5H3. The summed E-state index contributed by atoms with van der Waals surface area (Å²) in [6.45, 7) is 13.0. The molecule has 1 aromatic heterocycles. The van der Waals surface area contributed by atoms with Gasteiger partial charge in [0.1, 0.15) is 0 Å². The number of nitrogens with one attached hydrogen (secondary N) is 1. The Morgan fingerprint density at radius 1 is 1.28 bits per heavy atom. The zero-order valence-corrected chi connectivity index (χ0v) is 12.7. The summed E-state index contributed by atoms with van der Waals surface area (Å²) in [4.78, 5) is 0. The molecule has 0 bridgehead atoms. The third-order valence-corrected chi connectivity index (χ3v) is 3.31. The molecule has 0 spiro atoms. The van der Waals surface area contributed by atoms with Gasteiger partial charge in [-0.2, -0.15) is 5.10 Å². The summed E-state index contributed by atoms with van der Waals surface area (Å²) < 4.78 is 2.14. The molecule has 0 amide bonds. The Morgan fingerprint density at radius 2 is 2.00 bits per heavy atom. The maximum Gasteiger partial charge on any atom is 0.0597 e. The van der Waals surface area contributed by atoms with Crippen LogP contribution >= 0.6 is 0 Å². The van der Waals surface area contributed by atoms with Crippen molar-refractivity contribution in [3.8, 4) is 0 Å². The van der Waals surface area contributed by atoms with Crippen LogP contribution in [0.15, 0.2) is 6.07 Å². The molecular weight excluding hydrogens is 222 g/mol. The molecular formula is C15H29N3. The second-order valence-electron chi connectivity index (χ2n) is 5.46. The second-order valence-corrected chi connectivity index (χ2v) is 5.46. The normalized spacial score (nSPS) is 13.2. The molecule has 0 aliphatic heterocycles. The SMILES string of the molecule is CCNC(CCCC(C)C)c1cc(C)nn1CC. The van der Waals surface area contributed by atoms with E-state index < -0.39 is 0 Å². The maximum atomic E-state index is 4.55. The van der Waals surface area contributed by atoms with E-state index in [-0.39, 0.29) is 0 Å². The molecule has 0 aliphatic rings. The van der Waals surface area contributed by atoms with Gasteiger partial charge in [0.15, 0.2) is 0 Å². The van der Waals surface area contributed by atoms with Crippen LogP contribution in [0.5, 0.6) is 0 Å². The Hall–Kier alpha value is -0.830. The Balaban J connectivity index is 2.70. The number of rotatable bonds is 8. The molecule has 1 N–H and O–H groups in total. The summed E-state index contributed by atoms with van der Waals surface area (Å²) in [5.41, 5.74) is 2.47. The highest BCUT2D eigenvalue weighted by Crippen LogP contribution is 2.21. The van der Waals surface area contributed by atoms with Gasteiger partial charge in [0.25, 0.3) is 0 Å². The van der Waals surface area contributed by atoms with Crippen molar-refractivity contribution in [2.45, 2.75) is 66.5 Å². The van der Waals surface area contributed by atoms with E-state index in [4.69, 9.17) is 0 Å². The Kier molecular flexibility index (Phi) is 6.41. The molecule has 0 aliphatic carbocycles.